The molecule has 0 spiro atoms. The number of aliphatic hydroxyl groups is 1. The summed E-state index contributed by atoms with van der Waals surface area (Å²) in [6.45, 7) is 5.40. The molecule has 0 radical (unpaired) electrons. The Hall–Kier alpha value is -1.92. The second kappa shape index (κ2) is 6.73. The van der Waals surface area contributed by atoms with Gasteiger partial charge in [-0.25, -0.2) is 4.39 Å². The highest BCUT2D eigenvalue weighted by Gasteiger charge is 2.10. The van der Waals surface area contributed by atoms with Gasteiger partial charge in [-0.15, -0.1) is 6.58 Å². The SMILES string of the molecule is C=CC/C(C#N)=C(/C)CC(O)c1ccc(F)cc1. The molecule has 0 aliphatic heterocycles. The molecule has 0 saturated carbocycles. The number of nitrogens with zero attached hydrogens (tertiary/aromatic N) is 1. The molecule has 0 bridgehead atoms. The topological polar surface area (TPSA) is 44.0 Å². The third-order valence-corrected chi connectivity index (χ3v) is 2.75. The lowest BCUT2D eigenvalue weighted by molar-refractivity contribution is 0.178. The Morgan fingerprint density at radius 2 is 2.11 bits per heavy atom. The molecule has 94 valence electrons. The lowest BCUT2D eigenvalue weighted by atomic mass is 9.98. The molecule has 1 aromatic rings. The molecule has 0 aliphatic rings. The zero-order valence-corrected chi connectivity index (χ0v) is 10.4. The van der Waals surface area contributed by atoms with Crippen molar-refractivity contribution in [3.63, 3.8) is 0 Å². The van der Waals surface area contributed by atoms with Crippen LogP contribution in [0.2, 0.25) is 0 Å². The third kappa shape index (κ3) is 3.83. The van der Waals surface area contributed by atoms with Crippen LogP contribution in [0.5, 0.6) is 0 Å². The van der Waals surface area contributed by atoms with Crippen LogP contribution in [0.15, 0.2) is 48.1 Å². The number of hydrogen-bond donors (Lipinski definition) is 1. The molecule has 1 rings (SSSR count). The van der Waals surface area contributed by atoms with Gasteiger partial charge in [-0.05, 0) is 31.0 Å². The van der Waals surface area contributed by atoms with Crippen LogP contribution in [0.4, 0.5) is 4.39 Å². The van der Waals surface area contributed by atoms with Crippen LogP contribution in [0, 0.1) is 17.1 Å². The Labute approximate surface area is 107 Å². The predicted octanol–water partition coefficient (Wildman–Crippen LogP) is 3.67. The van der Waals surface area contributed by atoms with Crippen LogP contribution in [0.1, 0.15) is 31.4 Å². The van der Waals surface area contributed by atoms with Crippen LogP contribution in [0.3, 0.4) is 0 Å². The zero-order chi connectivity index (χ0) is 13.5. The van der Waals surface area contributed by atoms with E-state index in [1.165, 1.54) is 12.1 Å². The van der Waals surface area contributed by atoms with Crippen molar-refractivity contribution in [2.75, 3.05) is 0 Å². The molecule has 1 aromatic carbocycles. The standard InChI is InChI=1S/C15H16FNO/c1-3-4-13(10-17)11(2)9-15(18)12-5-7-14(16)8-6-12/h3,5-8,15,18H,1,4,9H2,2H3/b13-11+. The molecule has 18 heavy (non-hydrogen) atoms. The summed E-state index contributed by atoms with van der Waals surface area (Å²) in [5.74, 6) is -0.331. The van der Waals surface area contributed by atoms with Crippen molar-refractivity contribution in [3.8, 4) is 6.07 Å². The maximum absolute atomic E-state index is 12.8. The minimum absolute atomic E-state index is 0.331. The fourth-order valence-corrected chi connectivity index (χ4v) is 1.68. The summed E-state index contributed by atoms with van der Waals surface area (Å²) < 4.78 is 12.8. The Kier molecular flexibility index (Phi) is 5.29. The van der Waals surface area contributed by atoms with E-state index >= 15 is 0 Å². The molecule has 0 fully saturated rings. The van der Waals surface area contributed by atoms with Gasteiger partial charge in [0.25, 0.3) is 0 Å². The van der Waals surface area contributed by atoms with Gasteiger partial charge in [0, 0.05) is 12.0 Å². The highest BCUT2D eigenvalue weighted by Crippen LogP contribution is 2.23. The quantitative estimate of drug-likeness (QED) is 0.635. The summed E-state index contributed by atoms with van der Waals surface area (Å²) in [4.78, 5) is 0. The lowest BCUT2D eigenvalue weighted by Crippen LogP contribution is -2.00. The molecule has 3 heteroatoms. The zero-order valence-electron chi connectivity index (χ0n) is 10.4. The first-order chi connectivity index (χ1) is 8.58. The molecule has 0 saturated heterocycles. The van der Waals surface area contributed by atoms with E-state index in [4.69, 9.17) is 5.26 Å². The Morgan fingerprint density at radius 3 is 2.61 bits per heavy atom. The average Bonchev–Trinajstić information content (AvgIpc) is 2.36. The van der Waals surface area contributed by atoms with E-state index in [1.54, 1.807) is 18.2 Å². The fourth-order valence-electron chi connectivity index (χ4n) is 1.68. The summed E-state index contributed by atoms with van der Waals surface area (Å²) in [7, 11) is 0. The molecule has 1 N–H and O–H groups in total. The minimum atomic E-state index is -0.723. The van der Waals surface area contributed by atoms with E-state index in [-0.39, 0.29) is 5.82 Å². The van der Waals surface area contributed by atoms with Crippen molar-refractivity contribution < 1.29 is 9.50 Å². The molecule has 1 unspecified atom stereocenters. The molecular formula is C15H16FNO. The number of benzene rings is 1. The van der Waals surface area contributed by atoms with Crippen molar-refractivity contribution in [1.29, 1.82) is 5.26 Å². The van der Waals surface area contributed by atoms with Gasteiger partial charge in [0.15, 0.2) is 0 Å². The van der Waals surface area contributed by atoms with E-state index in [0.29, 0.717) is 24.0 Å². The summed E-state index contributed by atoms with van der Waals surface area (Å²) in [5.41, 5.74) is 2.09. The first kappa shape index (κ1) is 14.1. The molecule has 2 nitrogen and oxygen atoms in total. The van der Waals surface area contributed by atoms with Crippen molar-refractivity contribution in [2.24, 2.45) is 0 Å². The summed E-state index contributed by atoms with van der Waals surface area (Å²) in [6.07, 6.45) is 1.80. The molecule has 0 aromatic heterocycles. The molecule has 0 aliphatic carbocycles. The van der Waals surface area contributed by atoms with Crippen molar-refractivity contribution in [1.82, 2.24) is 0 Å². The van der Waals surface area contributed by atoms with Crippen molar-refractivity contribution in [3.05, 3.63) is 59.4 Å². The number of aliphatic hydroxyl groups excluding tert-OH is 1. The van der Waals surface area contributed by atoms with Gasteiger partial charge in [-0.2, -0.15) is 5.26 Å². The van der Waals surface area contributed by atoms with Crippen LogP contribution in [-0.4, -0.2) is 5.11 Å². The number of hydrogen-bond acceptors (Lipinski definition) is 2. The monoisotopic (exact) mass is 245 g/mol. The van der Waals surface area contributed by atoms with Crippen LogP contribution < -0.4 is 0 Å². The van der Waals surface area contributed by atoms with Gasteiger partial charge in [-0.1, -0.05) is 23.8 Å². The van der Waals surface area contributed by atoms with Crippen LogP contribution in [-0.2, 0) is 0 Å². The number of allylic oxidation sites excluding steroid dienone is 2. The highest BCUT2D eigenvalue weighted by atomic mass is 19.1. The van der Waals surface area contributed by atoms with E-state index in [1.807, 2.05) is 6.92 Å². The fraction of sp³-hybridized carbons (Fsp3) is 0.267. The Bertz CT molecular complexity index is 482. The van der Waals surface area contributed by atoms with Gasteiger partial charge in [-0.3, -0.25) is 0 Å². The average molecular weight is 245 g/mol. The van der Waals surface area contributed by atoms with Crippen molar-refractivity contribution in [2.45, 2.75) is 25.9 Å². The highest BCUT2D eigenvalue weighted by molar-refractivity contribution is 5.30. The maximum Gasteiger partial charge on any atom is 0.123 e. The lowest BCUT2D eigenvalue weighted by Gasteiger charge is -2.12. The number of halogens is 1. The summed E-state index contributed by atoms with van der Waals surface area (Å²) in [5, 5.41) is 19.0. The molecule has 0 amide bonds. The van der Waals surface area contributed by atoms with E-state index in [0.717, 1.165) is 5.57 Å². The minimum Gasteiger partial charge on any atom is -0.388 e. The van der Waals surface area contributed by atoms with E-state index in [2.05, 4.69) is 12.6 Å². The first-order valence-electron chi connectivity index (χ1n) is 5.71. The second-order valence-electron chi connectivity index (χ2n) is 4.13. The predicted molar refractivity (Wildman–Crippen MR) is 69.1 cm³/mol. The van der Waals surface area contributed by atoms with Gasteiger partial charge in [0.05, 0.1) is 12.2 Å². The second-order valence-corrected chi connectivity index (χ2v) is 4.13. The first-order valence-corrected chi connectivity index (χ1v) is 5.71. The normalized spacial score (nSPS) is 13.4. The van der Waals surface area contributed by atoms with Crippen LogP contribution >= 0.6 is 0 Å². The third-order valence-electron chi connectivity index (χ3n) is 2.75. The number of nitriles is 1. The van der Waals surface area contributed by atoms with Gasteiger partial charge < -0.3 is 5.11 Å². The largest absolute Gasteiger partial charge is 0.388 e. The van der Waals surface area contributed by atoms with Crippen molar-refractivity contribution >= 4 is 0 Å². The van der Waals surface area contributed by atoms with Crippen LogP contribution in [0.25, 0.3) is 0 Å². The Balaban J connectivity index is 2.81. The Morgan fingerprint density at radius 1 is 1.50 bits per heavy atom. The maximum atomic E-state index is 12.8. The summed E-state index contributed by atoms with van der Waals surface area (Å²) in [6, 6.07) is 7.83. The number of rotatable bonds is 5. The van der Waals surface area contributed by atoms with Gasteiger partial charge >= 0.3 is 0 Å². The smallest absolute Gasteiger partial charge is 0.123 e. The van der Waals surface area contributed by atoms with Gasteiger partial charge in [0.2, 0.25) is 0 Å². The summed E-state index contributed by atoms with van der Waals surface area (Å²) >= 11 is 0. The molecule has 0 heterocycles. The van der Waals surface area contributed by atoms with E-state index in [9.17, 15) is 9.50 Å². The van der Waals surface area contributed by atoms with Gasteiger partial charge in [0.1, 0.15) is 5.82 Å². The molecule has 1 atom stereocenters. The van der Waals surface area contributed by atoms with E-state index < -0.39 is 6.10 Å². The molecular weight excluding hydrogens is 229 g/mol.